The summed E-state index contributed by atoms with van der Waals surface area (Å²) in [7, 11) is -3.58. The van der Waals surface area contributed by atoms with E-state index in [1.165, 1.54) is 16.6 Å². The molecule has 0 radical (unpaired) electrons. The van der Waals surface area contributed by atoms with Crippen molar-refractivity contribution in [2.45, 2.75) is 4.90 Å². The zero-order valence-electron chi connectivity index (χ0n) is 11.2. The van der Waals surface area contributed by atoms with Crippen LogP contribution in [0.4, 0.5) is 10.9 Å². The summed E-state index contributed by atoms with van der Waals surface area (Å²) in [6.07, 6.45) is 3.23. The molecule has 3 heterocycles. The Balaban J connectivity index is 1.76. The molecular weight excluding hydrogens is 310 g/mol. The molecule has 1 aliphatic heterocycles. The van der Waals surface area contributed by atoms with E-state index in [1.54, 1.807) is 23.6 Å². The second-order valence-electron chi connectivity index (χ2n) is 4.59. The maximum Gasteiger partial charge on any atom is 0.246 e. The summed E-state index contributed by atoms with van der Waals surface area (Å²) in [5, 5.41) is 2.84. The number of nitrogen functional groups attached to an aromatic ring is 1. The molecule has 1 saturated heterocycles. The van der Waals surface area contributed by atoms with E-state index in [1.807, 2.05) is 5.38 Å². The second-order valence-corrected chi connectivity index (χ2v) is 7.37. The molecule has 0 amide bonds. The number of thiazole rings is 1. The molecule has 0 saturated carbocycles. The highest BCUT2D eigenvalue weighted by Gasteiger charge is 2.30. The van der Waals surface area contributed by atoms with E-state index in [0.717, 1.165) is 5.13 Å². The molecule has 1 fully saturated rings. The Morgan fingerprint density at radius 1 is 1.14 bits per heavy atom. The quantitative estimate of drug-likeness (QED) is 0.890. The summed E-state index contributed by atoms with van der Waals surface area (Å²) >= 11 is 1.55. The lowest BCUT2D eigenvalue weighted by Crippen LogP contribution is -2.48. The van der Waals surface area contributed by atoms with E-state index in [2.05, 4.69) is 14.9 Å². The number of anilines is 2. The summed E-state index contributed by atoms with van der Waals surface area (Å²) < 4.78 is 26.6. The third-order valence-electron chi connectivity index (χ3n) is 3.35. The zero-order chi connectivity index (χ0) is 14.9. The van der Waals surface area contributed by atoms with Crippen molar-refractivity contribution >= 4 is 32.3 Å². The fourth-order valence-corrected chi connectivity index (χ4v) is 4.44. The molecule has 2 N–H and O–H groups in total. The lowest BCUT2D eigenvalue weighted by atomic mass is 10.4. The average molecular weight is 325 g/mol. The highest BCUT2D eigenvalue weighted by molar-refractivity contribution is 7.89. The minimum Gasteiger partial charge on any atom is -0.383 e. The van der Waals surface area contributed by atoms with Crippen LogP contribution in [0.3, 0.4) is 0 Å². The van der Waals surface area contributed by atoms with Crippen LogP contribution in [-0.4, -0.2) is 48.9 Å². The van der Waals surface area contributed by atoms with Gasteiger partial charge in [-0.25, -0.2) is 18.4 Å². The Hall–Kier alpha value is -1.71. The van der Waals surface area contributed by atoms with Crippen LogP contribution in [-0.2, 0) is 10.0 Å². The lowest BCUT2D eigenvalue weighted by molar-refractivity contribution is 0.385. The molecule has 7 nitrogen and oxygen atoms in total. The minimum atomic E-state index is -3.58. The van der Waals surface area contributed by atoms with Crippen molar-refractivity contribution in [1.29, 1.82) is 0 Å². The first-order valence-corrected chi connectivity index (χ1v) is 8.76. The van der Waals surface area contributed by atoms with Crippen molar-refractivity contribution in [3.05, 3.63) is 29.9 Å². The van der Waals surface area contributed by atoms with Crippen LogP contribution in [0.5, 0.6) is 0 Å². The van der Waals surface area contributed by atoms with Crippen LogP contribution in [0, 0.1) is 0 Å². The lowest BCUT2D eigenvalue weighted by Gasteiger charge is -2.33. The van der Waals surface area contributed by atoms with Gasteiger partial charge in [-0.15, -0.1) is 11.3 Å². The van der Waals surface area contributed by atoms with Gasteiger partial charge in [0.1, 0.15) is 10.7 Å². The van der Waals surface area contributed by atoms with E-state index in [9.17, 15) is 8.42 Å². The number of nitrogens with two attached hydrogens (primary N) is 1. The normalized spacial score (nSPS) is 17.0. The Kier molecular flexibility index (Phi) is 3.79. The van der Waals surface area contributed by atoms with Gasteiger partial charge in [0, 0.05) is 44.0 Å². The van der Waals surface area contributed by atoms with E-state index in [4.69, 9.17) is 5.73 Å². The monoisotopic (exact) mass is 325 g/mol. The fourth-order valence-electron chi connectivity index (χ4n) is 2.25. The first-order chi connectivity index (χ1) is 10.1. The van der Waals surface area contributed by atoms with Gasteiger partial charge in [-0.1, -0.05) is 0 Å². The predicted molar refractivity (Wildman–Crippen MR) is 81.7 cm³/mol. The average Bonchev–Trinajstić information content (AvgIpc) is 3.02. The number of aromatic nitrogens is 2. The third kappa shape index (κ3) is 2.71. The molecule has 0 aromatic carbocycles. The molecule has 0 bridgehead atoms. The molecule has 2 aromatic heterocycles. The van der Waals surface area contributed by atoms with Crippen molar-refractivity contribution in [1.82, 2.24) is 14.3 Å². The van der Waals surface area contributed by atoms with Gasteiger partial charge in [0.2, 0.25) is 10.0 Å². The first-order valence-electron chi connectivity index (χ1n) is 6.44. The highest BCUT2D eigenvalue weighted by atomic mass is 32.2. The fraction of sp³-hybridized carbons (Fsp3) is 0.333. The number of rotatable bonds is 3. The van der Waals surface area contributed by atoms with Crippen molar-refractivity contribution in [2.24, 2.45) is 0 Å². The SMILES string of the molecule is Nc1ncccc1S(=O)(=O)N1CCN(c2nccs2)CC1. The maximum atomic E-state index is 12.6. The largest absolute Gasteiger partial charge is 0.383 e. The van der Waals surface area contributed by atoms with Gasteiger partial charge in [-0.05, 0) is 12.1 Å². The van der Waals surface area contributed by atoms with Crippen LogP contribution in [0.15, 0.2) is 34.8 Å². The topological polar surface area (TPSA) is 92.4 Å². The number of hydrogen-bond acceptors (Lipinski definition) is 7. The van der Waals surface area contributed by atoms with Crippen molar-refractivity contribution < 1.29 is 8.42 Å². The van der Waals surface area contributed by atoms with E-state index in [0.29, 0.717) is 26.2 Å². The summed E-state index contributed by atoms with van der Waals surface area (Å²) in [5.41, 5.74) is 5.68. The summed E-state index contributed by atoms with van der Waals surface area (Å²) in [4.78, 5) is 10.3. The number of piperazine rings is 1. The predicted octanol–water partition coefficient (Wildman–Crippen LogP) is 0.631. The Morgan fingerprint density at radius 2 is 1.90 bits per heavy atom. The first kappa shape index (κ1) is 14.2. The summed E-state index contributed by atoms with van der Waals surface area (Å²) in [6, 6.07) is 3.07. The smallest absolute Gasteiger partial charge is 0.246 e. The number of nitrogens with zero attached hydrogens (tertiary/aromatic N) is 4. The molecule has 0 atom stereocenters. The molecule has 2 aromatic rings. The van der Waals surface area contributed by atoms with Gasteiger partial charge in [0.15, 0.2) is 5.13 Å². The molecule has 9 heteroatoms. The molecule has 1 aliphatic rings. The number of hydrogen-bond donors (Lipinski definition) is 1. The Bertz CT molecular complexity index is 709. The minimum absolute atomic E-state index is 0.0415. The highest BCUT2D eigenvalue weighted by Crippen LogP contribution is 2.24. The summed E-state index contributed by atoms with van der Waals surface area (Å²) in [5.74, 6) is 0.0415. The second kappa shape index (κ2) is 5.58. The van der Waals surface area contributed by atoms with Gasteiger partial charge < -0.3 is 10.6 Å². The van der Waals surface area contributed by atoms with Gasteiger partial charge in [0.25, 0.3) is 0 Å². The number of sulfonamides is 1. The molecular formula is C12H15N5O2S2. The Morgan fingerprint density at radius 3 is 2.52 bits per heavy atom. The third-order valence-corrected chi connectivity index (χ3v) is 6.12. The van der Waals surface area contributed by atoms with Crippen LogP contribution >= 0.6 is 11.3 Å². The van der Waals surface area contributed by atoms with Crippen LogP contribution in [0.25, 0.3) is 0 Å². The molecule has 21 heavy (non-hydrogen) atoms. The van der Waals surface area contributed by atoms with Crippen molar-refractivity contribution in [2.75, 3.05) is 36.8 Å². The number of pyridine rings is 1. The maximum absolute atomic E-state index is 12.6. The van der Waals surface area contributed by atoms with E-state index >= 15 is 0 Å². The van der Waals surface area contributed by atoms with Gasteiger partial charge in [-0.2, -0.15) is 4.31 Å². The molecule has 0 spiro atoms. The molecule has 0 unspecified atom stereocenters. The van der Waals surface area contributed by atoms with Crippen LogP contribution in [0.2, 0.25) is 0 Å². The van der Waals surface area contributed by atoms with E-state index < -0.39 is 10.0 Å². The van der Waals surface area contributed by atoms with Crippen molar-refractivity contribution in [3.63, 3.8) is 0 Å². The van der Waals surface area contributed by atoms with E-state index in [-0.39, 0.29) is 10.7 Å². The molecule has 0 aliphatic carbocycles. The van der Waals surface area contributed by atoms with Gasteiger partial charge in [-0.3, -0.25) is 0 Å². The van der Waals surface area contributed by atoms with Crippen LogP contribution < -0.4 is 10.6 Å². The standard InChI is InChI=1S/C12H15N5O2S2/c13-11-10(2-1-3-14-11)21(18,19)17-7-5-16(6-8-17)12-15-4-9-20-12/h1-4,9H,5-8H2,(H2,13,14). The van der Waals surface area contributed by atoms with Crippen LogP contribution in [0.1, 0.15) is 0 Å². The van der Waals surface area contributed by atoms with Gasteiger partial charge in [0.05, 0.1) is 0 Å². The van der Waals surface area contributed by atoms with Crippen molar-refractivity contribution in [3.8, 4) is 0 Å². The summed E-state index contributed by atoms with van der Waals surface area (Å²) in [6.45, 7) is 2.06. The van der Waals surface area contributed by atoms with Gasteiger partial charge >= 0.3 is 0 Å². The zero-order valence-corrected chi connectivity index (χ0v) is 12.8. The molecule has 112 valence electrons. The molecule has 3 rings (SSSR count). The Labute approximate surface area is 127 Å².